The topological polar surface area (TPSA) is 84.9 Å². The Hall–Kier alpha value is -2.67. The molecule has 7 nitrogen and oxygen atoms in total. The van der Waals surface area contributed by atoms with Crippen molar-refractivity contribution in [3.63, 3.8) is 0 Å². The lowest BCUT2D eigenvalue weighted by molar-refractivity contribution is -0.155. The quantitative estimate of drug-likeness (QED) is 0.579. The van der Waals surface area contributed by atoms with Crippen LogP contribution in [0.25, 0.3) is 0 Å². The second-order valence-electron chi connectivity index (χ2n) is 9.33. The molecule has 3 fully saturated rings. The number of nitrogens with one attached hydrogen (secondary N) is 1. The number of benzene rings is 1. The van der Waals surface area contributed by atoms with Crippen molar-refractivity contribution >= 4 is 23.5 Å². The van der Waals surface area contributed by atoms with Crippen LogP contribution in [0.4, 0.5) is 5.69 Å². The van der Waals surface area contributed by atoms with Crippen molar-refractivity contribution in [1.29, 1.82) is 0 Å². The molecule has 7 heteroatoms. The summed E-state index contributed by atoms with van der Waals surface area (Å²) in [6.45, 7) is 4.04. The molecule has 4 unspecified atom stereocenters. The largest absolute Gasteiger partial charge is 0.455 e. The molecule has 2 saturated heterocycles. The molecule has 2 bridgehead atoms. The van der Waals surface area contributed by atoms with Gasteiger partial charge in [-0.15, -0.1) is 0 Å². The summed E-state index contributed by atoms with van der Waals surface area (Å²) in [4.78, 5) is 40.2. The van der Waals surface area contributed by atoms with Crippen LogP contribution < -0.4 is 10.2 Å². The Morgan fingerprint density at radius 1 is 1.19 bits per heavy atom. The van der Waals surface area contributed by atoms with Crippen molar-refractivity contribution in [2.24, 2.45) is 11.8 Å². The number of hydrogen-bond donors (Lipinski definition) is 1. The van der Waals surface area contributed by atoms with E-state index in [2.05, 4.69) is 11.4 Å². The second kappa shape index (κ2) is 7.48. The standard InChI is InChI=1S/C24H28N2O5/c1-14-9-15(2)11-17(10-14)26-13-24-8-7-18(31-24)20(21(24)22(26)28)23(29)30-12-19(27)25-16-5-3-4-6-16/h7-11,16,18,20-21H,3-6,12-13H2,1-2H3,(H,25,27). The van der Waals surface area contributed by atoms with Crippen LogP contribution in [-0.4, -0.2) is 48.7 Å². The Morgan fingerprint density at radius 3 is 2.61 bits per heavy atom. The molecule has 1 saturated carbocycles. The van der Waals surface area contributed by atoms with Gasteiger partial charge in [0, 0.05) is 11.7 Å². The maximum atomic E-state index is 13.4. The zero-order chi connectivity index (χ0) is 21.8. The number of fused-ring (bicyclic) bond motifs is 1. The minimum atomic E-state index is -0.810. The zero-order valence-corrected chi connectivity index (χ0v) is 17.9. The molecule has 1 spiro atoms. The van der Waals surface area contributed by atoms with E-state index in [-0.39, 0.29) is 24.5 Å². The van der Waals surface area contributed by atoms with Crippen LogP contribution in [-0.2, 0) is 23.9 Å². The molecular weight excluding hydrogens is 396 g/mol. The van der Waals surface area contributed by atoms with Gasteiger partial charge in [0.25, 0.3) is 5.91 Å². The van der Waals surface area contributed by atoms with Crippen LogP contribution in [0.5, 0.6) is 0 Å². The summed E-state index contributed by atoms with van der Waals surface area (Å²) in [6, 6.07) is 6.17. The summed E-state index contributed by atoms with van der Waals surface area (Å²) >= 11 is 0. The molecule has 3 heterocycles. The van der Waals surface area contributed by atoms with Gasteiger partial charge >= 0.3 is 5.97 Å². The molecule has 31 heavy (non-hydrogen) atoms. The van der Waals surface area contributed by atoms with Crippen LogP contribution in [0.15, 0.2) is 30.4 Å². The molecule has 2 amide bonds. The second-order valence-corrected chi connectivity index (χ2v) is 9.33. The molecule has 1 N–H and O–H groups in total. The first-order valence-corrected chi connectivity index (χ1v) is 11.1. The molecule has 1 aromatic carbocycles. The number of anilines is 1. The molecule has 1 aromatic rings. The lowest BCUT2D eigenvalue weighted by Gasteiger charge is -2.23. The average molecular weight is 424 g/mol. The van der Waals surface area contributed by atoms with Gasteiger partial charge in [0.1, 0.15) is 11.5 Å². The highest BCUT2D eigenvalue weighted by Crippen LogP contribution is 2.53. The number of aryl methyl sites for hydroxylation is 2. The third-order valence-corrected chi connectivity index (χ3v) is 6.96. The summed E-state index contributed by atoms with van der Waals surface area (Å²) in [6.07, 6.45) is 7.44. The van der Waals surface area contributed by atoms with E-state index in [9.17, 15) is 14.4 Å². The normalized spacial score (nSPS) is 31.4. The summed E-state index contributed by atoms with van der Waals surface area (Å²) in [5, 5.41) is 2.92. The van der Waals surface area contributed by atoms with Gasteiger partial charge in [-0.25, -0.2) is 0 Å². The molecule has 3 aliphatic heterocycles. The van der Waals surface area contributed by atoms with Gasteiger partial charge in [0.15, 0.2) is 6.61 Å². The predicted molar refractivity (Wildman–Crippen MR) is 113 cm³/mol. The SMILES string of the molecule is Cc1cc(C)cc(N2CC34C=CC(O3)C(C(=O)OCC(=O)NC3CCCC3)C4C2=O)c1. The molecule has 4 atom stereocenters. The Labute approximate surface area is 181 Å². The third kappa shape index (κ3) is 3.45. The van der Waals surface area contributed by atoms with Crippen LogP contribution in [0.3, 0.4) is 0 Å². The number of nitrogens with zero attached hydrogens (tertiary/aromatic N) is 1. The van der Waals surface area contributed by atoms with Gasteiger partial charge in [-0.2, -0.15) is 0 Å². The molecule has 4 aliphatic rings. The number of rotatable bonds is 5. The van der Waals surface area contributed by atoms with Gasteiger partial charge in [-0.1, -0.05) is 31.1 Å². The van der Waals surface area contributed by atoms with E-state index in [1.165, 1.54) is 0 Å². The van der Waals surface area contributed by atoms with E-state index >= 15 is 0 Å². The smallest absolute Gasteiger partial charge is 0.313 e. The Balaban J connectivity index is 1.30. The highest BCUT2D eigenvalue weighted by Gasteiger charge is 2.67. The van der Waals surface area contributed by atoms with Crippen molar-refractivity contribution in [3.05, 3.63) is 41.5 Å². The Kier molecular flexibility index (Phi) is 4.88. The number of hydrogen-bond acceptors (Lipinski definition) is 5. The summed E-state index contributed by atoms with van der Waals surface area (Å²) in [5.41, 5.74) is 2.15. The Bertz CT molecular complexity index is 946. The first-order chi connectivity index (χ1) is 14.9. The number of carbonyl (C=O) groups excluding carboxylic acids is 3. The van der Waals surface area contributed by atoms with Gasteiger partial charge in [-0.3, -0.25) is 14.4 Å². The lowest BCUT2D eigenvalue weighted by atomic mass is 9.77. The first-order valence-electron chi connectivity index (χ1n) is 11.1. The highest BCUT2D eigenvalue weighted by molar-refractivity contribution is 6.02. The fourth-order valence-electron chi connectivity index (χ4n) is 5.66. The molecule has 0 radical (unpaired) electrons. The number of ether oxygens (including phenoxy) is 2. The van der Waals surface area contributed by atoms with Crippen LogP contribution in [0.1, 0.15) is 36.8 Å². The molecule has 164 valence electrons. The minimum absolute atomic E-state index is 0.130. The van der Waals surface area contributed by atoms with Crippen molar-refractivity contribution < 1.29 is 23.9 Å². The lowest BCUT2D eigenvalue weighted by Crippen LogP contribution is -2.41. The molecule has 1 aliphatic carbocycles. The summed E-state index contributed by atoms with van der Waals surface area (Å²) < 4.78 is 11.5. The van der Waals surface area contributed by atoms with Crippen molar-refractivity contribution in [2.75, 3.05) is 18.1 Å². The van der Waals surface area contributed by atoms with E-state index in [1.807, 2.05) is 38.1 Å². The van der Waals surface area contributed by atoms with Gasteiger partial charge in [0.05, 0.1) is 18.6 Å². The van der Waals surface area contributed by atoms with Crippen LogP contribution in [0.2, 0.25) is 0 Å². The van der Waals surface area contributed by atoms with E-state index in [4.69, 9.17) is 9.47 Å². The number of amides is 2. The molecular formula is C24H28N2O5. The van der Waals surface area contributed by atoms with Gasteiger partial charge in [0.2, 0.25) is 5.91 Å². The van der Waals surface area contributed by atoms with E-state index in [0.717, 1.165) is 42.5 Å². The van der Waals surface area contributed by atoms with Gasteiger partial charge < -0.3 is 19.7 Å². The number of carbonyl (C=O) groups is 3. The van der Waals surface area contributed by atoms with Crippen LogP contribution >= 0.6 is 0 Å². The maximum absolute atomic E-state index is 13.4. The first kappa shape index (κ1) is 20.2. The summed E-state index contributed by atoms with van der Waals surface area (Å²) in [7, 11) is 0. The van der Waals surface area contributed by atoms with Crippen molar-refractivity contribution in [1.82, 2.24) is 5.32 Å². The zero-order valence-electron chi connectivity index (χ0n) is 17.9. The van der Waals surface area contributed by atoms with Gasteiger partial charge in [-0.05, 0) is 49.9 Å². The Morgan fingerprint density at radius 2 is 1.90 bits per heavy atom. The fraction of sp³-hybridized carbons (Fsp3) is 0.542. The van der Waals surface area contributed by atoms with E-state index in [1.54, 1.807) is 4.90 Å². The highest BCUT2D eigenvalue weighted by atomic mass is 16.6. The fourth-order valence-corrected chi connectivity index (χ4v) is 5.66. The van der Waals surface area contributed by atoms with Crippen LogP contribution in [0, 0.1) is 25.7 Å². The predicted octanol–water partition coefficient (Wildman–Crippen LogP) is 2.19. The maximum Gasteiger partial charge on any atom is 0.313 e. The summed E-state index contributed by atoms with van der Waals surface area (Å²) in [5.74, 6) is -2.32. The van der Waals surface area contributed by atoms with Crippen molar-refractivity contribution in [3.8, 4) is 0 Å². The average Bonchev–Trinajstić information content (AvgIpc) is 3.48. The van der Waals surface area contributed by atoms with E-state index < -0.39 is 29.5 Å². The molecule has 5 rings (SSSR count). The number of esters is 1. The monoisotopic (exact) mass is 424 g/mol. The van der Waals surface area contributed by atoms with E-state index in [0.29, 0.717) is 6.54 Å². The molecule has 0 aromatic heterocycles. The van der Waals surface area contributed by atoms with Crippen molar-refractivity contribution in [2.45, 2.75) is 57.3 Å². The minimum Gasteiger partial charge on any atom is -0.455 e. The third-order valence-electron chi connectivity index (χ3n) is 6.96.